The molecule has 2 aromatic carbocycles. The van der Waals surface area contributed by atoms with Crippen LogP contribution in [0.5, 0.6) is 11.5 Å². The van der Waals surface area contributed by atoms with E-state index in [2.05, 4.69) is 0 Å². The smallest absolute Gasteiger partial charge is 0.320 e. The number of carboxylic acid groups (broad SMARTS) is 1. The highest BCUT2D eigenvalue weighted by Crippen LogP contribution is 2.25. The first-order valence-corrected chi connectivity index (χ1v) is 6.16. The number of carbonyl (C=O) groups is 1. The van der Waals surface area contributed by atoms with E-state index in [-0.39, 0.29) is 12.2 Å². The number of hydrogen-bond acceptors (Lipinski definition) is 3. The van der Waals surface area contributed by atoms with Gasteiger partial charge in [0.2, 0.25) is 0 Å². The van der Waals surface area contributed by atoms with Gasteiger partial charge in [-0.1, -0.05) is 6.07 Å². The van der Waals surface area contributed by atoms with Crippen molar-refractivity contribution in [3.05, 3.63) is 59.7 Å². The zero-order valence-corrected chi connectivity index (χ0v) is 10.9. The molecule has 0 aliphatic carbocycles. The zero-order chi connectivity index (χ0) is 15.4. The minimum Gasteiger partial charge on any atom is -0.480 e. The van der Waals surface area contributed by atoms with Crippen LogP contribution in [0.25, 0.3) is 0 Å². The summed E-state index contributed by atoms with van der Waals surface area (Å²) in [4.78, 5) is 10.7. The third-order valence-electron chi connectivity index (χ3n) is 2.81. The van der Waals surface area contributed by atoms with Crippen LogP contribution in [-0.2, 0) is 11.2 Å². The molecule has 1 atom stereocenters. The van der Waals surface area contributed by atoms with Crippen molar-refractivity contribution < 1.29 is 23.4 Å². The normalized spacial score (nSPS) is 12.0. The first kappa shape index (κ1) is 14.9. The summed E-state index contributed by atoms with van der Waals surface area (Å²) in [6.45, 7) is 0. The molecule has 0 spiro atoms. The van der Waals surface area contributed by atoms with Gasteiger partial charge < -0.3 is 15.6 Å². The van der Waals surface area contributed by atoms with E-state index in [1.54, 1.807) is 0 Å². The standard InChI is InChI=1S/C15H13F2NO3/c16-10-2-4-11(5-3-10)21-14-6-1-9(7-12(14)17)8-13(18)15(19)20/h1-7,13H,8,18H2,(H,19,20)/t13-/m0/s1. The van der Waals surface area contributed by atoms with E-state index in [4.69, 9.17) is 15.6 Å². The van der Waals surface area contributed by atoms with E-state index >= 15 is 0 Å². The van der Waals surface area contributed by atoms with E-state index < -0.39 is 23.6 Å². The van der Waals surface area contributed by atoms with E-state index in [1.807, 2.05) is 0 Å². The minimum atomic E-state index is -1.15. The van der Waals surface area contributed by atoms with Crippen molar-refractivity contribution in [2.75, 3.05) is 0 Å². The molecule has 110 valence electrons. The van der Waals surface area contributed by atoms with Gasteiger partial charge in [0.1, 0.15) is 17.6 Å². The molecule has 0 saturated heterocycles. The number of hydrogen-bond donors (Lipinski definition) is 2. The monoisotopic (exact) mass is 293 g/mol. The number of ether oxygens (including phenoxy) is 1. The molecular weight excluding hydrogens is 280 g/mol. The molecule has 2 aromatic rings. The molecule has 0 aromatic heterocycles. The molecule has 3 N–H and O–H groups in total. The summed E-state index contributed by atoms with van der Waals surface area (Å²) in [7, 11) is 0. The predicted molar refractivity (Wildman–Crippen MR) is 72.2 cm³/mol. The third kappa shape index (κ3) is 4.00. The van der Waals surface area contributed by atoms with Gasteiger partial charge in [-0.2, -0.15) is 0 Å². The van der Waals surface area contributed by atoms with Gasteiger partial charge in [0.05, 0.1) is 0 Å². The van der Waals surface area contributed by atoms with Crippen LogP contribution in [-0.4, -0.2) is 17.1 Å². The number of rotatable bonds is 5. The summed E-state index contributed by atoms with van der Waals surface area (Å²) in [6, 6.07) is 8.15. The Bertz CT molecular complexity index is 644. The maximum atomic E-state index is 13.9. The van der Waals surface area contributed by atoms with Crippen LogP contribution in [0.4, 0.5) is 8.78 Å². The Morgan fingerprint density at radius 3 is 2.43 bits per heavy atom. The molecule has 21 heavy (non-hydrogen) atoms. The summed E-state index contributed by atoms with van der Waals surface area (Å²) < 4.78 is 31.9. The van der Waals surface area contributed by atoms with Crippen molar-refractivity contribution in [3.63, 3.8) is 0 Å². The Balaban J connectivity index is 2.12. The second-order valence-electron chi connectivity index (χ2n) is 4.47. The Morgan fingerprint density at radius 1 is 1.19 bits per heavy atom. The third-order valence-corrected chi connectivity index (χ3v) is 2.81. The molecule has 0 aliphatic heterocycles. The van der Waals surface area contributed by atoms with Gasteiger partial charge in [-0.05, 0) is 48.4 Å². The number of aliphatic carboxylic acids is 1. The Labute approximate surface area is 119 Å². The van der Waals surface area contributed by atoms with Crippen LogP contribution in [0.1, 0.15) is 5.56 Å². The first-order valence-electron chi connectivity index (χ1n) is 6.16. The zero-order valence-electron chi connectivity index (χ0n) is 10.9. The van der Waals surface area contributed by atoms with Gasteiger partial charge in [-0.15, -0.1) is 0 Å². The lowest BCUT2D eigenvalue weighted by atomic mass is 10.1. The van der Waals surface area contributed by atoms with Gasteiger partial charge in [-0.3, -0.25) is 4.79 Å². The van der Waals surface area contributed by atoms with E-state index in [1.165, 1.54) is 42.5 Å². The summed E-state index contributed by atoms with van der Waals surface area (Å²) in [5.74, 6) is -1.95. The second-order valence-corrected chi connectivity index (χ2v) is 4.47. The lowest BCUT2D eigenvalue weighted by Gasteiger charge is -2.10. The minimum absolute atomic E-state index is 0.0169. The maximum absolute atomic E-state index is 13.9. The van der Waals surface area contributed by atoms with Crippen LogP contribution in [0.15, 0.2) is 42.5 Å². The van der Waals surface area contributed by atoms with Crippen LogP contribution < -0.4 is 10.5 Å². The highest BCUT2D eigenvalue weighted by Gasteiger charge is 2.14. The SMILES string of the molecule is N[C@@H](Cc1ccc(Oc2ccc(F)cc2)c(F)c1)C(=O)O. The van der Waals surface area contributed by atoms with Crippen molar-refractivity contribution in [2.45, 2.75) is 12.5 Å². The largest absolute Gasteiger partial charge is 0.480 e. The van der Waals surface area contributed by atoms with E-state index in [9.17, 15) is 13.6 Å². The second kappa shape index (κ2) is 6.32. The molecule has 0 amide bonds. The molecule has 0 radical (unpaired) electrons. The van der Waals surface area contributed by atoms with Crippen molar-refractivity contribution in [1.82, 2.24) is 0 Å². The fraction of sp³-hybridized carbons (Fsp3) is 0.133. The van der Waals surface area contributed by atoms with Gasteiger partial charge in [0.15, 0.2) is 11.6 Å². The number of nitrogens with two attached hydrogens (primary N) is 1. The van der Waals surface area contributed by atoms with Crippen LogP contribution in [0.2, 0.25) is 0 Å². The van der Waals surface area contributed by atoms with E-state index in [0.717, 1.165) is 0 Å². The molecule has 0 unspecified atom stereocenters. The summed E-state index contributed by atoms with van der Waals surface area (Å²) in [5, 5.41) is 8.71. The van der Waals surface area contributed by atoms with Crippen molar-refractivity contribution >= 4 is 5.97 Å². The molecule has 0 aliphatic rings. The number of carboxylic acids is 1. The fourth-order valence-corrected chi connectivity index (χ4v) is 1.72. The average Bonchev–Trinajstić information content (AvgIpc) is 2.44. The number of benzene rings is 2. The van der Waals surface area contributed by atoms with Crippen LogP contribution in [0, 0.1) is 11.6 Å². The maximum Gasteiger partial charge on any atom is 0.320 e. The number of halogens is 2. The topological polar surface area (TPSA) is 72.5 Å². The summed E-state index contributed by atoms with van der Waals surface area (Å²) in [6.07, 6.45) is 0.0169. The Kier molecular flexibility index (Phi) is 4.49. The first-order chi connectivity index (χ1) is 9.95. The molecule has 2 rings (SSSR count). The molecule has 0 fully saturated rings. The fourth-order valence-electron chi connectivity index (χ4n) is 1.72. The predicted octanol–water partition coefficient (Wildman–Crippen LogP) is 2.71. The average molecular weight is 293 g/mol. The van der Waals surface area contributed by atoms with Gasteiger partial charge in [0.25, 0.3) is 0 Å². The highest BCUT2D eigenvalue weighted by atomic mass is 19.1. The lowest BCUT2D eigenvalue weighted by Crippen LogP contribution is -2.32. The molecular formula is C15H13F2NO3. The van der Waals surface area contributed by atoms with Gasteiger partial charge in [0, 0.05) is 0 Å². The molecule has 4 nitrogen and oxygen atoms in total. The van der Waals surface area contributed by atoms with Crippen LogP contribution >= 0.6 is 0 Å². The van der Waals surface area contributed by atoms with Crippen molar-refractivity contribution in [2.24, 2.45) is 5.73 Å². The summed E-state index contributed by atoms with van der Waals surface area (Å²) in [5.41, 5.74) is 5.84. The van der Waals surface area contributed by atoms with E-state index in [0.29, 0.717) is 11.3 Å². The van der Waals surface area contributed by atoms with Crippen molar-refractivity contribution in [3.8, 4) is 11.5 Å². The van der Waals surface area contributed by atoms with Gasteiger partial charge in [-0.25, -0.2) is 8.78 Å². The quantitative estimate of drug-likeness (QED) is 0.889. The molecule has 0 heterocycles. The molecule has 0 bridgehead atoms. The Hall–Kier alpha value is -2.47. The molecule has 6 heteroatoms. The lowest BCUT2D eigenvalue weighted by molar-refractivity contribution is -0.138. The Morgan fingerprint density at radius 2 is 1.86 bits per heavy atom. The highest BCUT2D eigenvalue weighted by molar-refractivity contribution is 5.73. The van der Waals surface area contributed by atoms with Gasteiger partial charge >= 0.3 is 5.97 Å². The summed E-state index contributed by atoms with van der Waals surface area (Å²) >= 11 is 0. The van der Waals surface area contributed by atoms with Crippen LogP contribution in [0.3, 0.4) is 0 Å². The van der Waals surface area contributed by atoms with Crippen molar-refractivity contribution in [1.29, 1.82) is 0 Å². The molecule has 0 saturated carbocycles.